The molecule has 0 bridgehead atoms. The molecule has 0 spiro atoms. The lowest BCUT2D eigenvalue weighted by molar-refractivity contribution is 0.570. The van der Waals surface area contributed by atoms with E-state index < -0.39 is 10.0 Å². The molecule has 0 aliphatic carbocycles. The Hall–Kier alpha value is -1.54. The minimum absolute atomic E-state index is 0.0514. The zero-order valence-electron chi connectivity index (χ0n) is 8.30. The van der Waals surface area contributed by atoms with Crippen molar-refractivity contribution in [3.05, 3.63) is 23.4 Å². The maximum absolute atomic E-state index is 11.8. The van der Waals surface area contributed by atoms with Gasteiger partial charge < -0.3 is 10.2 Å². The summed E-state index contributed by atoms with van der Waals surface area (Å²) in [6.07, 6.45) is 1.36. The maximum Gasteiger partial charge on any atom is 0.309 e. The molecular formula is C8H9N3O3S2. The van der Waals surface area contributed by atoms with Gasteiger partial charge in [0.2, 0.25) is 0 Å². The number of aromatic nitrogens is 1. The Balaban J connectivity index is 2.27. The second-order valence-electron chi connectivity index (χ2n) is 3.10. The van der Waals surface area contributed by atoms with E-state index in [1.165, 1.54) is 12.3 Å². The Morgan fingerprint density at radius 3 is 2.81 bits per heavy atom. The van der Waals surface area contributed by atoms with E-state index >= 15 is 0 Å². The van der Waals surface area contributed by atoms with Crippen molar-refractivity contribution in [3.8, 4) is 0 Å². The molecular weight excluding hydrogens is 250 g/mol. The van der Waals surface area contributed by atoms with Crippen LogP contribution < -0.4 is 10.5 Å². The number of nitrogens with two attached hydrogens (primary N) is 1. The van der Waals surface area contributed by atoms with E-state index in [4.69, 9.17) is 10.2 Å². The van der Waals surface area contributed by atoms with Crippen LogP contribution in [-0.2, 0) is 10.0 Å². The predicted molar refractivity (Wildman–Crippen MR) is 60.8 cm³/mol. The Morgan fingerprint density at radius 2 is 2.31 bits per heavy atom. The predicted octanol–water partition coefficient (Wildman–Crippen LogP) is 1.43. The first-order valence-electron chi connectivity index (χ1n) is 4.26. The SMILES string of the molecule is Cc1coc(NS(=O)(=O)c2cc(N)cs2)n1. The third kappa shape index (κ3) is 2.17. The third-order valence-electron chi connectivity index (χ3n) is 1.70. The number of aryl methyl sites for hydroxylation is 1. The smallest absolute Gasteiger partial charge is 0.309 e. The first-order chi connectivity index (χ1) is 7.47. The number of nitrogen functional groups attached to an aromatic ring is 1. The first-order valence-corrected chi connectivity index (χ1v) is 6.62. The number of sulfonamides is 1. The number of hydrogen-bond acceptors (Lipinski definition) is 6. The minimum Gasteiger partial charge on any atom is -0.431 e. The van der Waals surface area contributed by atoms with Crippen LogP contribution in [0.15, 0.2) is 26.3 Å². The molecule has 0 saturated heterocycles. The highest BCUT2D eigenvalue weighted by Gasteiger charge is 2.18. The van der Waals surface area contributed by atoms with Crippen molar-refractivity contribution >= 4 is 33.1 Å². The molecule has 2 rings (SSSR count). The lowest BCUT2D eigenvalue weighted by Crippen LogP contribution is -2.11. The van der Waals surface area contributed by atoms with Crippen LogP contribution in [0.5, 0.6) is 0 Å². The fourth-order valence-electron chi connectivity index (χ4n) is 1.04. The summed E-state index contributed by atoms with van der Waals surface area (Å²) in [4.78, 5) is 3.84. The van der Waals surface area contributed by atoms with Crippen molar-refractivity contribution in [1.29, 1.82) is 0 Å². The van der Waals surface area contributed by atoms with Gasteiger partial charge in [-0.05, 0) is 13.0 Å². The van der Waals surface area contributed by atoms with Crippen LogP contribution in [0.3, 0.4) is 0 Å². The number of anilines is 2. The highest BCUT2D eigenvalue weighted by atomic mass is 32.2. The molecule has 86 valence electrons. The molecule has 0 aromatic carbocycles. The molecule has 0 saturated carbocycles. The van der Waals surface area contributed by atoms with E-state index in [0.29, 0.717) is 11.4 Å². The van der Waals surface area contributed by atoms with Gasteiger partial charge in [-0.15, -0.1) is 11.3 Å². The summed E-state index contributed by atoms with van der Waals surface area (Å²) < 4.78 is 30.8. The zero-order valence-corrected chi connectivity index (χ0v) is 9.93. The molecule has 16 heavy (non-hydrogen) atoms. The number of hydrogen-bond donors (Lipinski definition) is 2. The number of thiophene rings is 1. The number of oxazole rings is 1. The molecule has 2 heterocycles. The second kappa shape index (κ2) is 3.80. The van der Waals surface area contributed by atoms with Gasteiger partial charge in [0.05, 0.1) is 5.69 Å². The van der Waals surface area contributed by atoms with E-state index in [1.807, 2.05) is 0 Å². The summed E-state index contributed by atoms with van der Waals surface area (Å²) >= 11 is 1.04. The van der Waals surface area contributed by atoms with Gasteiger partial charge in [0.25, 0.3) is 10.0 Å². The molecule has 0 aliphatic heterocycles. The van der Waals surface area contributed by atoms with Gasteiger partial charge in [0.1, 0.15) is 10.5 Å². The molecule has 2 aromatic rings. The molecule has 0 amide bonds. The zero-order chi connectivity index (χ0) is 11.8. The molecule has 0 atom stereocenters. The Labute approximate surface area is 96.2 Å². The van der Waals surface area contributed by atoms with Gasteiger partial charge in [-0.3, -0.25) is 0 Å². The summed E-state index contributed by atoms with van der Waals surface area (Å²) in [5.74, 6) is 0. The lowest BCUT2D eigenvalue weighted by atomic mass is 10.6. The fraction of sp³-hybridized carbons (Fsp3) is 0.125. The maximum atomic E-state index is 11.8. The highest BCUT2D eigenvalue weighted by Crippen LogP contribution is 2.23. The van der Waals surface area contributed by atoms with Crippen LogP contribution in [0.4, 0.5) is 11.7 Å². The largest absolute Gasteiger partial charge is 0.431 e. The van der Waals surface area contributed by atoms with Crippen molar-refractivity contribution in [2.24, 2.45) is 0 Å². The summed E-state index contributed by atoms with van der Waals surface area (Å²) in [5.41, 5.74) is 6.46. The lowest BCUT2D eigenvalue weighted by Gasteiger charge is -2.00. The fourth-order valence-corrected chi connectivity index (χ4v) is 3.05. The van der Waals surface area contributed by atoms with Crippen molar-refractivity contribution in [3.63, 3.8) is 0 Å². The summed E-state index contributed by atoms with van der Waals surface area (Å²) in [6.45, 7) is 1.70. The third-order valence-corrected chi connectivity index (χ3v) is 4.48. The topological polar surface area (TPSA) is 98.2 Å². The van der Waals surface area contributed by atoms with Gasteiger partial charge >= 0.3 is 6.01 Å². The van der Waals surface area contributed by atoms with Crippen molar-refractivity contribution in [2.75, 3.05) is 10.5 Å². The van der Waals surface area contributed by atoms with Crippen LogP contribution >= 0.6 is 11.3 Å². The molecule has 8 heteroatoms. The second-order valence-corrected chi connectivity index (χ2v) is 5.92. The van der Waals surface area contributed by atoms with E-state index in [2.05, 4.69) is 9.71 Å². The monoisotopic (exact) mass is 259 g/mol. The van der Waals surface area contributed by atoms with E-state index in [-0.39, 0.29) is 10.2 Å². The normalized spacial score (nSPS) is 11.6. The van der Waals surface area contributed by atoms with E-state index in [9.17, 15) is 8.42 Å². The van der Waals surface area contributed by atoms with Crippen LogP contribution in [0.2, 0.25) is 0 Å². The van der Waals surface area contributed by atoms with Crippen LogP contribution in [0, 0.1) is 6.92 Å². The average Bonchev–Trinajstić information content (AvgIpc) is 2.75. The van der Waals surface area contributed by atoms with Crippen molar-refractivity contribution in [1.82, 2.24) is 4.98 Å². The standard InChI is InChI=1S/C8H9N3O3S2/c1-5-3-14-8(10-5)11-16(12,13)7-2-6(9)4-15-7/h2-4H,9H2,1H3,(H,10,11). The van der Waals surface area contributed by atoms with Gasteiger partial charge in [-0.2, -0.15) is 4.98 Å². The van der Waals surface area contributed by atoms with Crippen molar-refractivity contribution in [2.45, 2.75) is 11.1 Å². The Morgan fingerprint density at radius 1 is 1.56 bits per heavy atom. The van der Waals surface area contributed by atoms with Crippen LogP contribution in [0.25, 0.3) is 0 Å². The summed E-state index contributed by atoms with van der Waals surface area (Å²) in [6, 6.07) is 1.33. The molecule has 3 N–H and O–H groups in total. The molecule has 0 aliphatic rings. The van der Waals surface area contributed by atoms with Gasteiger partial charge in [-0.25, -0.2) is 13.1 Å². The van der Waals surface area contributed by atoms with Crippen molar-refractivity contribution < 1.29 is 12.8 Å². The van der Waals surface area contributed by atoms with Gasteiger partial charge in [-0.1, -0.05) is 0 Å². The summed E-state index contributed by atoms with van der Waals surface area (Å²) in [7, 11) is -3.65. The molecule has 0 unspecified atom stereocenters. The minimum atomic E-state index is -3.65. The Kier molecular flexibility index (Phi) is 2.60. The summed E-state index contributed by atoms with van der Waals surface area (Å²) in [5, 5.41) is 1.55. The van der Waals surface area contributed by atoms with Crippen LogP contribution in [-0.4, -0.2) is 13.4 Å². The number of rotatable bonds is 3. The van der Waals surface area contributed by atoms with E-state index in [1.54, 1.807) is 12.3 Å². The highest BCUT2D eigenvalue weighted by molar-refractivity contribution is 7.94. The molecule has 2 aromatic heterocycles. The van der Waals surface area contributed by atoms with Gasteiger partial charge in [0, 0.05) is 11.1 Å². The first kappa shape index (κ1) is 11.0. The molecule has 6 nitrogen and oxygen atoms in total. The number of nitrogens with zero attached hydrogens (tertiary/aromatic N) is 1. The number of nitrogens with one attached hydrogen (secondary N) is 1. The average molecular weight is 259 g/mol. The van der Waals surface area contributed by atoms with E-state index in [0.717, 1.165) is 11.3 Å². The molecule has 0 fully saturated rings. The quantitative estimate of drug-likeness (QED) is 0.868. The van der Waals surface area contributed by atoms with Crippen LogP contribution in [0.1, 0.15) is 5.69 Å². The van der Waals surface area contributed by atoms with Gasteiger partial charge in [0.15, 0.2) is 0 Å². The molecule has 0 radical (unpaired) electrons. The Bertz CT molecular complexity index is 600.